The van der Waals surface area contributed by atoms with Crippen molar-refractivity contribution in [2.45, 2.75) is 24.3 Å². The second-order valence-corrected chi connectivity index (χ2v) is 4.32. The summed E-state index contributed by atoms with van der Waals surface area (Å²) in [6.07, 6.45) is 1.28. The van der Waals surface area contributed by atoms with Gasteiger partial charge < -0.3 is 4.74 Å². The Balaban J connectivity index is 2.15. The number of ether oxygens (including phenoxy) is 1. The highest BCUT2D eigenvalue weighted by atomic mass is 35.5. The number of benzene rings is 1. The summed E-state index contributed by atoms with van der Waals surface area (Å²) >= 11 is 5.86. The minimum Gasteiger partial charge on any atom is -0.372 e. The molecule has 1 aliphatic heterocycles. The third-order valence-electron chi connectivity index (χ3n) is 2.48. The smallest absolute Gasteiger partial charge is 0.126 e. The summed E-state index contributed by atoms with van der Waals surface area (Å²) in [5.41, 5.74) is 0.552. The second kappa shape index (κ2) is 4.45. The molecule has 1 heterocycles. The van der Waals surface area contributed by atoms with Crippen LogP contribution in [0.15, 0.2) is 18.2 Å². The Labute approximate surface area is 92.0 Å². The maximum atomic E-state index is 12.9. The van der Waals surface area contributed by atoms with Gasteiger partial charge in [0.15, 0.2) is 0 Å². The van der Waals surface area contributed by atoms with Gasteiger partial charge in [-0.15, -0.1) is 11.6 Å². The molecule has 0 N–H and O–H groups in total. The van der Waals surface area contributed by atoms with Gasteiger partial charge in [-0.3, -0.25) is 0 Å². The first-order valence-corrected chi connectivity index (χ1v) is 5.30. The van der Waals surface area contributed by atoms with E-state index in [1.165, 1.54) is 12.1 Å². The van der Waals surface area contributed by atoms with E-state index in [2.05, 4.69) is 0 Å². The number of rotatable bonds is 1. The molecule has 1 aromatic rings. The predicted octanol–water partition coefficient (Wildman–Crippen LogP) is 3.42. The Hall–Kier alpha value is -0.670. The van der Waals surface area contributed by atoms with E-state index in [0.29, 0.717) is 18.6 Å². The maximum absolute atomic E-state index is 12.9. The molecule has 1 saturated heterocycles. The summed E-state index contributed by atoms with van der Waals surface area (Å²) in [6, 6.07) is 3.47. The van der Waals surface area contributed by atoms with Crippen molar-refractivity contribution in [1.82, 2.24) is 0 Å². The van der Waals surface area contributed by atoms with Gasteiger partial charge in [0.2, 0.25) is 0 Å². The Morgan fingerprint density at radius 2 is 1.80 bits per heavy atom. The lowest BCUT2D eigenvalue weighted by atomic mass is 10.0. The molecule has 1 fully saturated rings. The lowest BCUT2D eigenvalue weighted by molar-refractivity contribution is 0.0171. The molecule has 1 nitrogen and oxygen atoms in total. The monoisotopic (exact) mass is 232 g/mol. The fourth-order valence-corrected chi connectivity index (χ4v) is 1.94. The molecule has 15 heavy (non-hydrogen) atoms. The third-order valence-corrected chi connectivity index (χ3v) is 2.82. The molecule has 0 radical (unpaired) electrons. The van der Waals surface area contributed by atoms with E-state index < -0.39 is 11.6 Å². The van der Waals surface area contributed by atoms with Crippen LogP contribution < -0.4 is 0 Å². The topological polar surface area (TPSA) is 9.23 Å². The van der Waals surface area contributed by atoms with Crippen LogP contribution >= 0.6 is 11.6 Å². The molecule has 1 aromatic carbocycles. The minimum absolute atomic E-state index is 0.0136. The number of hydrogen-bond acceptors (Lipinski definition) is 1. The molecule has 2 rings (SSSR count). The van der Waals surface area contributed by atoms with Crippen molar-refractivity contribution in [1.29, 1.82) is 0 Å². The van der Waals surface area contributed by atoms with Gasteiger partial charge in [0.1, 0.15) is 11.6 Å². The molecule has 0 saturated carbocycles. The number of alkyl halides is 1. The van der Waals surface area contributed by atoms with Crippen LogP contribution in [0.25, 0.3) is 0 Å². The lowest BCUT2D eigenvalue weighted by Crippen LogP contribution is -2.20. The Bertz CT molecular complexity index is 328. The maximum Gasteiger partial charge on any atom is 0.126 e. The van der Waals surface area contributed by atoms with E-state index >= 15 is 0 Å². The zero-order valence-corrected chi connectivity index (χ0v) is 8.81. The standard InChI is InChI=1S/C11H11ClF2O/c12-8-1-2-11(15-6-8)7-3-9(13)5-10(14)4-7/h3-5,8,11H,1-2,6H2. The van der Waals surface area contributed by atoms with Crippen molar-refractivity contribution < 1.29 is 13.5 Å². The SMILES string of the molecule is Fc1cc(F)cc(C2CCC(Cl)CO2)c1. The number of hydrogen-bond donors (Lipinski definition) is 0. The predicted molar refractivity (Wildman–Crippen MR) is 53.9 cm³/mol. The molecule has 82 valence electrons. The molecule has 4 heteroatoms. The van der Waals surface area contributed by atoms with Crippen molar-refractivity contribution in [3.8, 4) is 0 Å². The van der Waals surface area contributed by atoms with Crippen molar-refractivity contribution in [2.75, 3.05) is 6.61 Å². The zero-order chi connectivity index (χ0) is 10.8. The Morgan fingerprint density at radius 1 is 1.13 bits per heavy atom. The molecule has 2 atom stereocenters. The Kier molecular flexibility index (Phi) is 3.22. The molecule has 2 unspecified atom stereocenters. The van der Waals surface area contributed by atoms with E-state index in [4.69, 9.17) is 16.3 Å². The normalized spacial score (nSPS) is 26.6. The molecule has 1 aliphatic rings. The second-order valence-electron chi connectivity index (χ2n) is 3.70. The van der Waals surface area contributed by atoms with Crippen LogP contribution in [-0.2, 0) is 4.74 Å². The third kappa shape index (κ3) is 2.67. The molecule has 0 amide bonds. The highest BCUT2D eigenvalue weighted by Gasteiger charge is 2.22. The summed E-state index contributed by atoms with van der Waals surface area (Å²) < 4.78 is 31.3. The van der Waals surface area contributed by atoms with E-state index in [1.807, 2.05) is 0 Å². The highest BCUT2D eigenvalue weighted by Crippen LogP contribution is 2.30. The van der Waals surface area contributed by atoms with Crippen LogP contribution in [0.5, 0.6) is 0 Å². The van der Waals surface area contributed by atoms with E-state index in [-0.39, 0.29) is 11.5 Å². The van der Waals surface area contributed by atoms with Crippen molar-refractivity contribution in [2.24, 2.45) is 0 Å². The van der Waals surface area contributed by atoms with Gasteiger partial charge >= 0.3 is 0 Å². The van der Waals surface area contributed by atoms with Crippen LogP contribution in [0.1, 0.15) is 24.5 Å². The highest BCUT2D eigenvalue weighted by molar-refractivity contribution is 6.20. The fraction of sp³-hybridized carbons (Fsp3) is 0.455. The fourth-order valence-electron chi connectivity index (χ4n) is 1.74. The van der Waals surface area contributed by atoms with Gasteiger partial charge in [-0.05, 0) is 30.5 Å². The van der Waals surface area contributed by atoms with Crippen molar-refractivity contribution in [3.05, 3.63) is 35.4 Å². The van der Waals surface area contributed by atoms with Crippen LogP contribution in [0.3, 0.4) is 0 Å². The van der Waals surface area contributed by atoms with Gasteiger partial charge in [0.25, 0.3) is 0 Å². The average Bonchev–Trinajstić information content (AvgIpc) is 2.17. The number of halogens is 3. The minimum atomic E-state index is -0.568. The first-order chi connectivity index (χ1) is 7.15. The lowest BCUT2D eigenvalue weighted by Gasteiger charge is -2.26. The summed E-state index contributed by atoms with van der Waals surface area (Å²) in [7, 11) is 0. The summed E-state index contributed by atoms with van der Waals surface area (Å²) in [5.74, 6) is -1.14. The molecule has 0 bridgehead atoms. The average molecular weight is 233 g/mol. The van der Waals surface area contributed by atoms with E-state index in [1.54, 1.807) is 0 Å². The van der Waals surface area contributed by atoms with Gasteiger partial charge in [-0.2, -0.15) is 0 Å². The Morgan fingerprint density at radius 3 is 2.33 bits per heavy atom. The summed E-state index contributed by atoms with van der Waals surface area (Å²) in [6.45, 7) is 0.435. The molecular weight excluding hydrogens is 222 g/mol. The van der Waals surface area contributed by atoms with Gasteiger partial charge in [0, 0.05) is 6.07 Å². The van der Waals surface area contributed by atoms with Crippen LogP contribution in [-0.4, -0.2) is 12.0 Å². The molecule has 0 spiro atoms. The van der Waals surface area contributed by atoms with Crippen LogP contribution in [0.2, 0.25) is 0 Å². The molecule has 0 aromatic heterocycles. The van der Waals surface area contributed by atoms with E-state index in [0.717, 1.165) is 12.5 Å². The zero-order valence-electron chi connectivity index (χ0n) is 8.05. The van der Waals surface area contributed by atoms with Gasteiger partial charge in [0.05, 0.1) is 18.1 Å². The molecule has 0 aliphatic carbocycles. The largest absolute Gasteiger partial charge is 0.372 e. The van der Waals surface area contributed by atoms with Crippen LogP contribution in [0.4, 0.5) is 8.78 Å². The van der Waals surface area contributed by atoms with Crippen LogP contribution in [0, 0.1) is 11.6 Å². The summed E-state index contributed by atoms with van der Waals surface area (Å²) in [5, 5.41) is 0.0136. The first kappa shape index (κ1) is 10.8. The summed E-state index contributed by atoms with van der Waals surface area (Å²) in [4.78, 5) is 0. The van der Waals surface area contributed by atoms with E-state index in [9.17, 15) is 8.78 Å². The first-order valence-electron chi connectivity index (χ1n) is 4.87. The van der Waals surface area contributed by atoms with Crippen molar-refractivity contribution in [3.63, 3.8) is 0 Å². The quantitative estimate of drug-likeness (QED) is 0.674. The van der Waals surface area contributed by atoms with Crippen molar-refractivity contribution >= 4 is 11.6 Å². The van der Waals surface area contributed by atoms with Gasteiger partial charge in [-0.25, -0.2) is 8.78 Å². The van der Waals surface area contributed by atoms with Gasteiger partial charge in [-0.1, -0.05) is 0 Å². The molecular formula is C11H11ClF2O.